The van der Waals surface area contributed by atoms with Crippen LogP contribution in [0.15, 0.2) is 47.1 Å². The molecule has 1 aromatic carbocycles. The first-order valence-corrected chi connectivity index (χ1v) is 9.92. The third-order valence-corrected chi connectivity index (χ3v) is 6.17. The minimum absolute atomic E-state index is 0.238. The highest BCUT2D eigenvalue weighted by Crippen LogP contribution is 2.34. The molecule has 1 saturated heterocycles. The van der Waals surface area contributed by atoms with Crippen LogP contribution in [0, 0.1) is 5.92 Å². The lowest BCUT2D eigenvalue weighted by atomic mass is 9.88. The average Bonchev–Trinajstić information content (AvgIpc) is 3.17. The number of ether oxygens (including phenoxy) is 1. The molecule has 26 heavy (non-hydrogen) atoms. The molecule has 1 aliphatic rings. The van der Waals surface area contributed by atoms with Crippen molar-refractivity contribution in [2.45, 2.75) is 44.7 Å². The maximum atomic E-state index is 5.77. The summed E-state index contributed by atoms with van der Waals surface area (Å²) < 4.78 is 11.4. The van der Waals surface area contributed by atoms with E-state index in [0.29, 0.717) is 0 Å². The maximum Gasteiger partial charge on any atom is 0.122 e. The van der Waals surface area contributed by atoms with Crippen molar-refractivity contribution in [1.29, 1.82) is 0 Å². The van der Waals surface area contributed by atoms with Gasteiger partial charge in [0.2, 0.25) is 0 Å². The second-order valence-corrected chi connectivity index (χ2v) is 7.95. The Kier molecular flexibility index (Phi) is 6.38. The lowest BCUT2D eigenvalue weighted by molar-refractivity contribution is -0.922. The Morgan fingerprint density at radius 1 is 1.23 bits per heavy atom. The van der Waals surface area contributed by atoms with Gasteiger partial charge in [-0.3, -0.25) is 0 Å². The molecule has 3 N–H and O–H groups in total. The van der Waals surface area contributed by atoms with Crippen LogP contribution in [-0.2, 0) is 0 Å². The van der Waals surface area contributed by atoms with Gasteiger partial charge in [0.15, 0.2) is 0 Å². The summed E-state index contributed by atoms with van der Waals surface area (Å²) in [5, 5.41) is 2.57. The number of quaternary nitrogens is 2. The summed E-state index contributed by atoms with van der Waals surface area (Å²) in [6, 6.07) is 13.9. The molecule has 1 aliphatic heterocycles. The zero-order chi connectivity index (χ0) is 18.5. The molecule has 4 nitrogen and oxygen atoms in total. The highest BCUT2D eigenvalue weighted by Gasteiger charge is 2.34. The van der Waals surface area contributed by atoms with E-state index in [4.69, 9.17) is 9.15 Å². The van der Waals surface area contributed by atoms with Crippen LogP contribution in [0.4, 0.5) is 0 Å². The molecule has 0 saturated carbocycles. The lowest BCUT2D eigenvalue weighted by Gasteiger charge is -2.35. The van der Waals surface area contributed by atoms with Crippen LogP contribution < -0.4 is 15.0 Å². The van der Waals surface area contributed by atoms with Gasteiger partial charge in [0, 0.05) is 12.0 Å². The SMILES string of the molecule is COc1ccccc1[C@H](CC[NH2+][C@H]1C[C@H](C)[NH+](C)C[C@H]1C)c1ccco1. The molecule has 142 valence electrons. The minimum Gasteiger partial charge on any atom is -0.496 e. The van der Waals surface area contributed by atoms with E-state index in [9.17, 15) is 0 Å². The fraction of sp³-hybridized carbons (Fsp3) is 0.545. The minimum atomic E-state index is 0.238. The number of piperidine rings is 1. The monoisotopic (exact) mass is 358 g/mol. The van der Waals surface area contributed by atoms with E-state index in [2.05, 4.69) is 44.4 Å². The first kappa shape index (κ1) is 19.0. The lowest BCUT2D eigenvalue weighted by Crippen LogP contribution is -3.16. The molecular formula is C22H34N2O2+2. The Labute approximate surface area is 157 Å². The Bertz CT molecular complexity index is 671. The number of nitrogens with one attached hydrogen (secondary N) is 1. The number of furan rings is 1. The first-order chi connectivity index (χ1) is 12.6. The number of para-hydroxylation sites is 1. The molecular weight excluding hydrogens is 324 g/mol. The van der Waals surface area contributed by atoms with Gasteiger partial charge in [0.05, 0.1) is 63.9 Å². The number of hydrogen-bond donors (Lipinski definition) is 2. The normalized spacial score (nSPS) is 27.2. The van der Waals surface area contributed by atoms with Gasteiger partial charge in [-0.05, 0) is 25.1 Å². The highest BCUT2D eigenvalue weighted by molar-refractivity contribution is 5.39. The van der Waals surface area contributed by atoms with Gasteiger partial charge < -0.3 is 19.4 Å². The van der Waals surface area contributed by atoms with Crippen molar-refractivity contribution in [2.24, 2.45) is 5.92 Å². The van der Waals surface area contributed by atoms with Crippen molar-refractivity contribution in [3.05, 3.63) is 54.0 Å². The Hall–Kier alpha value is -1.78. The maximum absolute atomic E-state index is 5.77. The number of benzene rings is 1. The van der Waals surface area contributed by atoms with Gasteiger partial charge in [-0.1, -0.05) is 25.1 Å². The molecule has 0 spiro atoms. The summed E-state index contributed by atoms with van der Waals surface area (Å²) >= 11 is 0. The number of methoxy groups -OCH3 is 1. The van der Waals surface area contributed by atoms with Gasteiger partial charge in [0.1, 0.15) is 11.5 Å². The summed E-state index contributed by atoms with van der Waals surface area (Å²) in [6.07, 6.45) is 4.12. The molecule has 1 aromatic heterocycles. The van der Waals surface area contributed by atoms with Crippen LogP contribution in [0.3, 0.4) is 0 Å². The molecule has 0 aliphatic carbocycles. The Balaban J connectivity index is 1.68. The third kappa shape index (κ3) is 4.30. The van der Waals surface area contributed by atoms with E-state index in [1.165, 1.54) is 18.5 Å². The van der Waals surface area contributed by atoms with E-state index in [-0.39, 0.29) is 5.92 Å². The van der Waals surface area contributed by atoms with Crippen LogP contribution in [0.5, 0.6) is 5.75 Å². The molecule has 0 amide bonds. The standard InChI is InChI=1S/C22H32N2O2/c1-16-15-24(3)17(2)14-20(16)23-12-11-19(22-10-7-13-26-22)18-8-5-6-9-21(18)25-4/h5-10,13,16-17,19-20,23H,11-12,14-15H2,1-4H3/p+2/t16-,17+,19+,20+/m1/s1. The van der Waals surface area contributed by atoms with Crippen LogP contribution in [0.1, 0.15) is 43.9 Å². The van der Waals surface area contributed by atoms with Gasteiger partial charge >= 0.3 is 0 Å². The summed E-state index contributed by atoms with van der Waals surface area (Å²) in [6.45, 7) is 7.16. The van der Waals surface area contributed by atoms with E-state index in [1.54, 1.807) is 18.3 Å². The average molecular weight is 359 g/mol. The van der Waals surface area contributed by atoms with Crippen molar-refractivity contribution in [3.63, 3.8) is 0 Å². The molecule has 5 atom stereocenters. The van der Waals surface area contributed by atoms with Gasteiger partial charge in [-0.2, -0.15) is 0 Å². The molecule has 3 rings (SSSR count). The quantitative estimate of drug-likeness (QED) is 0.791. The Morgan fingerprint density at radius 3 is 2.77 bits per heavy atom. The molecule has 0 bridgehead atoms. The first-order valence-electron chi connectivity index (χ1n) is 9.92. The van der Waals surface area contributed by atoms with Crippen molar-refractivity contribution in [1.82, 2.24) is 0 Å². The second kappa shape index (κ2) is 8.74. The number of likely N-dealkylation sites (tertiary alicyclic amines) is 1. The van der Waals surface area contributed by atoms with Gasteiger partial charge in [-0.15, -0.1) is 0 Å². The van der Waals surface area contributed by atoms with Gasteiger partial charge in [0.25, 0.3) is 0 Å². The van der Waals surface area contributed by atoms with Crippen LogP contribution in [-0.4, -0.2) is 39.3 Å². The predicted octanol–water partition coefficient (Wildman–Crippen LogP) is 1.69. The van der Waals surface area contributed by atoms with Gasteiger partial charge in [-0.25, -0.2) is 0 Å². The largest absolute Gasteiger partial charge is 0.496 e. The highest BCUT2D eigenvalue weighted by atomic mass is 16.5. The number of hydrogen-bond acceptors (Lipinski definition) is 2. The van der Waals surface area contributed by atoms with E-state index < -0.39 is 0 Å². The van der Waals surface area contributed by atoms with Crippen molar-refractivity contribution >= 4 is 0 Å². The summed E-state index contributed by atoms with van der Waals surface area (Å²) in [4.78, 5) is 1.67. The van der Waals surface area contributed by atoms with Crippen molar-refractivity contribution in [2.75, 3.05) is 27.2 Å². The Morgan fingerprint density at radius 2 is 2.04 bits per heavy atom. The van der Waals surface area contributed by atoms with E-state index in [0.717, 1.165) is 42.5 Å². The summed E-state index contributed by atoms with van der Waals surface area (Å²) in [5.74, 6) is 2.97. The predicted molar refractivity (Wildman–Crippen MR) is 104 cm³/mol. The molecule has 2 aromatic rings. The fourth-order valence-corrected chi connectivity index (χ4v) is 4.40. The summed E-state index contributed by atoms with van der Waals surface area (Å²) in [5.41, 5.74) is 1.22. The van der Waals surface area contributed by atoms with Crippen molar-refractivity contribution in [3.8, 4) is 5.75 Å². The zero-order valence-electron chi connectivity index (χ0n) is 16.6. The summed E-state index contributed by atoms with van der Waals surface area (Å²) in [7, 11) is 4.07. The third-order valence-electron chi connectivity index (χ3n) is 6.17. The van der Waals surface area contributed by atoms with Crippen LogP contribution >= 0.6 is 0 Å². The molecule has 2 heterocycles. The van der Waals surface area contributed by atoms with E-state index >= 15 is 0 Å². The molecule has 1 fully saturated rings. The zero-order valence-corrected chi connectivity index (χ0v) is 16.6. The smallest absolute Gasteiger partial charge is 0.122 e. The van der Waals surface area contributed by atoms with Crippen LogP contribution in [0.25, 0.3) is 0 Å². The second-order valence-electron chi connectivity index (χ2n) is 7.95. The number of nitrogens with two attached hydrogens (primary N) is 1. The van der Waals surface area contributed by atoms with Crippen LogP contribution in [0.2, 0.25) is 0 Å². The molecule has 1 unspecified atom stereocenters. The van der Waals surface area contributed by atoms with Crippen molar-refractivity contribution < 1.29 is 19.4 Å². The van der Waals surface area contributed by atoms with E-state index in [1.807, 2.05) is 18.2 Å². The fourth-order valence-electron chi connectivity index (χ4n) is 4.40. The molecule has 4 heteroatoms. The number of rotatable bonds is 7. The topological polar surface area (TPSA) is 43.4 Å². The molecule has 0 radical (unpaired) electrons.